The Morgan fingerprint density at radius 3 is 2.83 bits per heavy atom. The van der Waals surface area contributed by atoms with E-state index in [9.17, 15) is 0 Å². The van der Waals surface area contributed by atoms with Crippen molar-refractivity contribution in [2.24, 2.45) is 0 Å². The summed E-state index contributed by atoms with van der Waals surface area (Å²) in [5.74, 6) is 0.862. The van der Waals surface area contributed by atoms with Crippen molar-refractivity contribution < 1.29 is 0 Å². The van der Waals surface area contributed by atoms with Gasteiger partial charge in [-0.1, -0.05) is 41.0 Å². The summed E-state index contributed by atoms with van der Waals surface area (Å²) in [6.07, 6.45) is 0. The van der Waals surface area contributed by atoms with Crippen LogP contribution >= 0.6 is 35.0 Å². The molecule has 1 aromatic heterocycles. The van der Waals surface area contributed by atoms with Gasteiger partial charge in [-0.25, -0.2) is 4.98 Å². The molecule has 0 saturated carbocycles. The molecule has 0 atom stereocenters. The van der Waals surface area contributed by atoms with Crippen LogP contribution in [0.15, 0.2) is 46.3 Å². The molecule has 18 heavy (non-hydrogen) atoms. The van der Waals surface area contributed by atoms with Crippen LogP contribution in [0.2, 0.25) is 10.0 Å². The monoisotopic (exact) mass is 298 g/mol. The largest absolute Gasteiger partial charge is 0.370 e. The Labute approximate surface area is 121 Å². The van der Waals surface area contributed by atoms with Crippen LogP contribution in [0.1, 0.15) is 6.92 Å². The fourth-order valence-electron chi connectivity index (χ4n) is 1.42. The van der Waals surface area contributed by atoms with Gasteiger partial charge in [0.2, 0.25) is 0 Å². The lowest BCUT2D eigenvalue weighted by Gasteiger charge is -2.06. The van der Waals surface area contributed by atoms with Gasteiger partial charge in [-0.3, -0.25) is 0 Å². The smallest absolute Gasteiger partial charge is 0.127 e. The fourth-order valence-corrected chi connectivity index (χ4v) is 2.76. The molecule has 5 heteroatoms. The van der Waals surface area contributed by atoms with E-state index in [1.54, 1.807) is 12.1 Å². The molecule has 1 heterocycles. The molecule has 0 fully saturated rings. The van der Waals surface area contributed by atoms with E-state index >= 15 is 0 Å². The van der Waals surface area contributed by atoms with Crippen LogP contribution in [0.5, 0.6) is 0 Å². The van der Waals surface area contributed by atoms with E-state index in [1.807, 2.05) is 31.2 Å². The van der Waals surface area contributed by atoms with E-state index in [2.05, 4.69) is 10.3 Å². The minimum Gasteiger partial charge on any atom is -0.370 e. The zero-order chi connectivity index (χ0) is 13.0. The Hall–Kier alpha value is -0.900. The Morgan fingerprint density at radius 2 is 2.06 bits per heavy atom. The van der Waals surface area contributed by atoms with Crippen molar-refractivity contribution in [3.05, 3.63) is 46.4 Å². The average Bonchev–Trinajstić information content (AvgIpc) is 2.35. The standard InChI is InChI=1S/C13H12Cl2N2S/c1-2-16-12-4-3-5-13(17-12)18-11-8-9(14)6-7-10(11)15/h3-8H,2H2,1H3,(H,16,17). The molecule has 0 bridgehead atoms. The lowest BCUT2D eigenvalue weighted by molar-refractivity contribution is 1.08. The van der Waals surface area contributed by atoms with E-state index in [0.717, 1.165) is 22.3 Å². The quantitative estimate of drug-likeness (QED) is 0.862. The maximum absolute atomic E-state index is 6.12. The molecule has 0 saturated heterocycles. The van der Waals surface area contributed by atoms with Crippen LogP contribution in [0.4, 0.5) is 5.82 Å². The first kappa shape index (κ1) is 13.5. The fraction of sp³-hybridized carbons (Fsp3) is 0.154. The van der Waals surface area contributed by atoms with Crippen molar-refractivity contribution in [2.45, 2.75) is 16.8 Å². The molecule has 2 aromatic rings. The summed E-state index contributed by atoms with van der Waals surface area (Å²) in [6.45, 7) is 2.88. The maximum atomic E-state index is 6.12. The Kier molecular flexibility index (Phi) is 4.75. The molecule has 1 N–H and O–H groups in total. The summed E-state index contributed by atoms with van der Waals surface area (Å²) < 4.78 is 0. The number of halogens is 2. The van der Waals surface area contributed by atoms with Crippen molar-refractivity contribution in [1.29, 1.82) is 0 Å². The highest BCUT2D eigenvalue weighted by Gasteiger charge is 2.05. The molecule has 0 spiro atoms. The van der Waals surface area contributed by atoms with Gasteiger partial charge < -0.3 is 5.32 Å². The third-order valence-electron chi connectivity index (χ3n) is 2.19. The number of pyridine rings is 1. The molecule has 94 valence electrons. The summed E-state index contributed by atoms with van der Waals surface area (Å²) in [6, 6.07) is 11.3. The SMILES string of the molecule is CCNc1cccc(Sc2cc(Cl)ccc2Cl)n1. The molecule has 2 rings (SSSR count). The zero-order valence-corrected chi connectivity index (χ0v) is 12.1. The van der Waals surface area contributed by atoms with E-state index in [-0.39, 0.29) is 0 Å². The first-order valence-corrected chi connectivity index (χ1v) is 7.10. The number of anilines is 1. The van der Waals surface area contributed by atoms with Crippen LogP contribution in [-0.2, 0) is 0 Å². The van der Waals surface area contributed by atoms with Crippen molar-refractivity contribution in [3.63, 3.8) is 0 Å². The number of hydrogen-bond donors (Lipinski definition) is 1. The van der Waals surface area contributed by atoms with Gasteiger partial charge in [-0.2, -0.15) is 0 Å². The van der Waals surface area contributed by atoms with E-state index in [0.29, 0.717) is 10.0 Å². The third-order valence-corrected chi connectivity index (χ3v) is 3.86. The summed E-state index contributed by atoms with van der Waals surface area (Å²) >= 11 is 13.6. The summed E-state index contributed by atoms with van der Waals surface area (Å²) in [7, 11) is 0. The van der Waals surface area contributed by atoms with E-state index < -0.39 is 0 Å². The molecular formula is C13H12Cl2N2S. The van der Waals surface area contributed by atoms with Gasteiger partial charge in [-0.05, 0) is 37.3 Å². The van der Waals surface area contributed by atoms with Crippen LogP contribution in [-0.4, -0.2) is 11.5 Å². The second kappa shape index (κ2) is 6.32. The number of rotatable bonds is 4. The van der Waals surface area contributed by atoms with Crippen molar-refractivity contribution in [3.8, 4) is 0 Å². The lowest BCUT2D eigenvalue weighted by Crippen LogP contribution is -1.98. The van der Waals surface area contributed by atoms with Gasteiger partial charge in [0.25, 0.3) is 0 Å². The van der Waals surface area contributed by atoms with Crippen LogP contribution < -0.4 is 5.32 Å². The van der Waals surface area contributed by atoms with Gasteiger partial charge in [-0.15, -0.1) is 0 Å². The van der Waals surface area contributed by atoms with E-state index in [4.69, 9.17) is 23.2 Å². The average molecular weight is 299 g/mol. The molecule has 1 aromatic carbocycles. The molecule has 2 nitrogen and oxygen atoms in total. The van der Waals surface area contributed by atoms with Gasteiger partial charge in [0.15, 0.2) is 0 Å². The zero-order valence-electron chi connectivity index (χ0n) is 9.78. The maximum Gasteiger partial charge on any atom is 0.127 e. The third kappa shape index (κ3) is 3.55. The second-order valence-corrected chi connectivity index (χ2v) is 5.47. The van der Waals surface area contributed by atoms with E-state index in [1.165, 1.54) is 11.8 Å². The predicted octanol–water partition coefficient (Wildman–Crippen LogP) is 4.97. The molecule has 0 amide bonds. The van der Waals surface area contributed by atoms with Crippen LogP contribution in [0.3, 0.4) is 0 Å². The highest BCUT2D eigenvalue weighted by molar-refractivity contribution is 7.99. The molecule has 0 unspecified atom stereocenters. The first-order valence-electron chi connectivity index (χ1n) is 5.53. The Balaban J connectivity index is 2.22. The van der Waals surface area contributed by atoms with Gasteiger partial charge in [0, 0.05) is 16.5 Å². The van der Waals surface area contributed by atoms with Gasteiger partial charge in [0.1, 0.15) is 10.8 Å². The summed E-state index contributed by atoms with van der Waals surface area (Å²) in [5.41, 5.74) is 0. The topological polar surface area (TPSA) is 24.9 Å². The number of nitrogens with zero attached hydrogens (tertiary/aromatic N) is 1. The molecule has 0 aliphatic heterocycles. The minimum atomic E-state index is 0.671. The summed E-state index contributed by atoms with van der Waals surface area (Å²) in [5, 5.41) is 5.41. The predicted molar refractivity (Wildman–Crippen MR) is 79.0 cm³/mol. The van der Waals surface area contributed by atoms with Crippen molar-refractivity contribution in [2.75, 3.05) is 11.9 Å². The number of benzene rings is 1. The first-order chi connectivity index (χ1) is 8.69. The lowest BCUT2D eigenvalue weighted by atomic mass is 10.4. The number of aromatic nitrogens is 1. The minimum absolute atomic E-state index is 0.671. The Bertz CT molecular complexity index is 546. The summed E-state index contributed by atoms with van der Waals surface area (Å²) in [4.78, 5) is 5.39. The van der Waals surface area contributed by atoms with Gasteiger partial charge >= 0.3 is 0 Å². The molecule has 0 aliphatic carbocycles. The number of hydrogen-bond acceptors (Lipinski definition) is 3. The molecule has 0 aliphatic rings. The highest BCUT2D eigenvalue weighted by atomic mass is 35.5. The normalized spacial score (nSPS) is 10.4. The molecular weight excluding hydrogens is 287 g/mol. The van der Waals surface area contributed by atoms with Crippen LogP contribution in [0.25, 0.3) is 0 Å². The second-order valence-electron chi connectivity index (χ2n) is 3.57. The number of nitrogens with one attached hydrogen (secondary N) is 1. The van der Waals surface area contributed by atoms with Crippen molar-refractivity contribution in [1.82, 2.24) is 4.98 Å². The van der Waals surface area contributed by atoms with Crippen LogP contribution in [0, 0.1) is 0 Å². The Morgan fingerprint density at radius 1 is 1.22 bits per heavy atom. The van der Waals surface area contributed by atoms with Crippen molar-refractivity contribution >= 4 is 40.8 Å². The van der Waals surface area contributed by atoms with Gasteiger partial charge in [0.05, 0.1) is 5.02 Å². The molecule has 0 radical (unpaired) electrons. The highest BCUT2D eigenvalue weighted by Crippen LogP contribution is 2.34.